The van der Waals surface area contributed by atoms with Crippen LogP contribution in [0.2, 0.25) is 0 Å². The first-order valence-corrected chi connectivity index (χ1v) is 6.67. The number of aliphatic hydroxyl groups excluding tert-OH is 1. The highest BCUT2D eigenvalue weighted by Gasteiger charge is 2.08. The van der Waals surface area contributed by atoms with Gasteiger partial charge in [0.15, 0.2) is 0 Å². The summed E-state index contributed by atoms with van der Waals surface area (Å²) in [5.41, 5.74) is 3.44. The van der Waals surface area contributed by atoms with Gasteiger partial charge in [-0.1, -0.05) is 48.0 Å². The molecule has 2 aromatic rings. The Morgan fingerprint density at radius 1 is 1.00 bits per heavy atom. The van der Waals surface area contributed by atoms with Gasteiger partial charge >= 0.3 is 0 Å². The lowest BCUT2D eigenvalue weighted by molar-refractivity contribution is 0.170. The molecule has 0 aromatic heterocycles. The van der Waals surface area contributed by atoms with Crippen molar-refractivity contribution in [1.82, 2.24) is 0 Å². The molecule has 0 spiro atoms. The van der Waals surface area contributed by atoms with Gasteiger partial charge in [0.2, 0.25) is 0 Å². The minimum atomic E-state index is -0.394. The lowest BCUT2D eigenvalue weighted by atomic mass is 10.1. The molecule has 1 N–H and O–H groups in total. The quantitative estimate of drug-likeness (QED) is 0.883. The zero-order valence-corrected chi connectivity index (χ0v) is 11.6. The normalized spacial score (nSPS) is 12.2. The lowest BCUT2D eigenvalue weighted by Gasteiger charge is -2.21. The van der Waals surface area contributed by atoms with Crippen LogP contribution in [-0.2, 0) is 0 Å². The molecule has 2 nitrogen and oxygen atoms in total. The summed E-state index contributed by atoms with van der Waals surface area (Å²) >= 11 is 0. The molecule has 1 unspecified atom stereocenters. The van der Waals surface area contributed by atoms with Gasteiger partial charge in [-0.15, -0.1) is 0 Å². The fraction of sp³-hybridized carbons (Fsp3) is 0.294. The van der Waals surface area contributed by atoms with Crippen LogP contribution in [0.3, 0.4) is 0 Å². The maximum Gasteiger partial charge on any atom is 0.0806 e. The lowest BCUT2D eigenvalue weighted by Crippen LogP contribution is -2.20. The van der Waals surface area contributed by atoms with Crippen molar-refractivity contribution in [1.29, 1.82) is 0 Å². The van der Waals surface area contributed by atoms with Crippen LogP contribution in [0, 0.1) is 6.92 Å². The molecule has 2 heteroatoms. The molecule has 0 aliphatic carbocycles. The summed E-state index contributed by atoms with van der Waals surface area (Å²) in [5.74, 6) is 0. The molecule has 0 fully saturated rings. The summed E-state index contributed by atoms with van der Waals surface area (Å²) in [5, 5.41) is 10.1. The van der Waals surface area contributed by atoms with Gasteiger partial charge in [0.1, 0.15) is 0 Å². The molecule has 100 valence electrons. The SMILES string of the molecule is Cc1ccc(N(C)CCC(O)c2ccccc2)cc1. The first-order chi connectivity index (χ1) is 9.16. The smallest absolute Gasteiger partial charge is 0.0806 e. The third-order valence-corrected chi connectivity index (χ3v) is 3.40. The van der Waals surface area contributed by atoms with Crippen molar-refractivity contribution in [3.63, 3.8) is 0 Å². The van der Waals surface area contributed by atoms with Crippen LogP contribution in [-0.4, -0.2) is 18.7 Å². The highest BCUT2D eigenvalue weighted by atomic mass is 16.3. The predicted octanol–water partition coefficient (Wildman–Crippen LogP) is 3.55. The zero-order chi connectivity index (χ0) is 13.7. The summed E-state index contributed by atoms with van der Waals surface area (Å²) < 4.78 is 0. The molecule has 0 saturated heterocycles. The number of rotatable bonds is 5. The topological polar surface area (TPSA) is 23.5 Å². The first-order valence-electron chi connectivity index (χ1n) is 6.67. The fourth-order valence-corrected chi connectivity index (χ4v) is 2.09. The van der Waals surface area contributed by atoms with E-state index in [1.807, 2.05) is 30.3 Å². The summed E-state index contributed by atoms with van der Waals surface area (Å²) in [4.78, 5) is 2.17. The standard InChI is InChI=1S/C17H21NO/c1-14-8-10-16(11-9-14)18(2)13-12-17(19)15-6-4-3-5-7-15/h3-11,17,19H,12-13H2,1-2H3. The Bertz CT molecular complexity index is 492. The highest BCUT2D eigenvalue weighted by Crippen LogP contribution is 2.19. The van der Waals surface area contributed by atoms with E-state index < -0.39 is 6.10 Å². The van der Waals surface area contributed by atoms with Gasteiger partial charge in [0, 0.05) is 19.3 Å². The Morgan fingerprint density at radius 3 is 2.26 bits per heavy atom. The second kappa shape index (κ2) is 6.39. The molecule has 1 atom stereocenters. The van der Waals surface area contributed by atoms with Crippen molar-refractivity contribution < 1.29 is 5.11 Å². The number of hydrogen-bond donors (Lipinski definition) is 1. The maximum atomic E-state index is 10.1. The van der Waals surface area contributed by atoms with Gasteiger partial charge in [0.25, 0.3) is 0 Å². The monoisotopic (exact) mass is 255 g/mol. The molecular formula is C17H21NO. The van der Waals surface area contributed by atoms with E-state index in [9.17, 15) is 5.11 Å². The second-order valence-corrected chi connectivity index (χ2v) is 4.97. The van der Waals surface area contributed by atoms with Gasteiger partial charge in [-0.05, 0) is 31.0 Å². The van der Waals surface area contributed by atoms with Crippen LogP contribution in [0.5, 0.6) is 0 Å². The molecular weight excluding hydrogens is 234 g/mol. The van der Waals surface area contributed by atoms with Crippen molar-refractivity contribution >= 4 is 5.69 Å². The molecule has 0 amide bonds. The third kappa shape index (κ3) is 3.83. The molecule has 0 bridgehead atoms. The minimum Gasteiger partial charge on any atom is -0.388 e. The van der Waals surface area contributed by atoms with Crippen LogP contribution < -0.4 is 4.90 Å². The fourth-order valence-electron chi connectivity index (χ4n) is 2.09. The van der Waals surface area contributed by atoms with Crippen LogP contribution in [0.15, 0.2) is 54.6 Å². The van der Waals surface area contributed by atoms with Crippen LogP contribution in [0.1, 0.15) is 23.7 Å². The number of hydrogen-bond acceptors (Lipinski definition) is 2. The average Bonchev–Trinajstić information content (AvgIpc) is 2.46. The molecule has 2 rings (SSSR count). The van der Waals surface area contributed by atoms with E-state index in [0.717, 1.165) is 18.5 Å². The number of anilines is 1. The molecule has 0 heterocycles. The van der Waals surface area contributed by atoms with E-state index in [4.69, 9.17) is 0 Å². The van der Waals surface area contributed by atoms with Gasteiger partial charge < -0.3 is 10.0 Å². The highest BCUT2D eigenvalue weighted by molar-refractivity contribution is 5.46. The second-order valence-electron chi connectivity index (χ2n) is 4.97. The largest absolute Gasteiger partial charge is 0.388 e. The molecule has 0 aliphatic heterocycles. The van der Waals surface area contributed by atoms with E-state index in [-0.39, 0.29) is 0 Å². The molecule has 0 aliphatic rings. The minimum absolute atomic E-state index is 0.394. The Balaban J connectivity index is 1.90. The molecule has 2 aromatic carbocycles. The number of aryl methyl sites for hydroxylation is 1. The Kier molecular flexibility index (Phi) is 4.58. The molecule has 0 saturated carbocycles. The number of benzene rings is 2. The van der Waals surface area contributed by atoms with Gasteiger partial charge in [0.05, 0.1) is 6.10 Å². The summed E-state index contributed by atoms with van der Waals surface area (Å²) in [6.45, 7) is 2.92. The van der Waals surface area contributed by atoms with E-state index in [0.29, 0.717) is 0 Å². The maximum absolute atomic E-state index is 10.1. The van der Waals surface area contributed by atoms with Crippen molar-refractivity contribution in [3.05, 3.63) is 65.7 Å². The van der Waals surface area contributed by atoms with Crippen molar-refractivity contribution in [2.45, 2.75) is 19.4 Å². The number of nitrogens with zero attached hydrogens (tertiary/aromatic N) is 1. The van der Waals surface area contributed by atoms with E-state index in [1.165, 1.54) is 11.3 Å². The van der Waals surface area contributed by atoms with E-state index in [1.54, 1.807) is 0 Å². The van der Waals surface area contributed by atoms with Gasteiger partial charge in [-0.2, -0.15) is 0 Å². The van der Waals surface area contributed by atoms with Crippen LogP contribution in [0.4, 0.5) is 5.69 Å². The third-order valence-electron chi connectivity index (χ3n) is 3.40. The van der Waals surface area contributed by atoms with E-state index in [2.05, 4.69) is 43.1 Å². The first kappa shape index (κ1) is 13.6. The van der Waals surface area contributed by atoms with Crippen molar-refractivity contribution in [3.8, 4) is 0 Å². The van der Waals surface area contributed by atoms with Gasteiger partial charge in [-0.25, -0.2) is 0 Å². The van der Waals surface area contributed by atoms with Crippen LogP contribution >= 0.6 is 0 Å². The summed E-state index contributed by atoms with van der Waals surface area (Å²) in [6, 6.07) is 18.3. The van der Waals surface area contributed by atoms with Crippen molar-refractivity contribution in [2.24, 2.45) is 0 Å². The Hall–Kier alpha value is -1.80. The average molecular weight is 255 g/mol. The Morgan fingerprint density at radius 2 is 1.63 bits per heavy atom. The van der Waals surface area contributed by atoms with Crippen molar-refractivity contribution in [2.75, 3.05) is 18.5 Å². The Labute approximate surface area is 115 Å². The van der Waals surface area contributed by atoms with Gasteiger partial charge in [-0.3, -0.25) is 0 Å². The predicted molar refractivity (Wildman–Crippen MR) is 80.5 cm³/mol. The molecule has 0 radical (unpaired) electrons. The summed E-state index contributed by atoms with van der Waals surface area (Å²) in [7, 11) is 2.06. The summed E-state index contributed by atoms with van der Waals surface area (Å²) in [6.07, 6.45) is 0.336. The van der Waals surface area contributed by atoms with E-state index >= 15 is 0 Å². The molecule has 19 heavy (non-hydrogen) atoms. The zero-order valence-electron chi connectivity index (χ0n) is 11.6. The number of aliphatic hydroxyl groups is 1. The van der Waals surface area contributed by atoms with Crippen LogP contribution in [0.25, 0.3) is 0 Å².